The fourth-order valence-electron chi connectivity index (χ4n) is 1.29. The van der Waals surface area contributed by atoms with Crippen LogP contribution in [0.5, 0.6) is 0 Å². The number of thiol groups is 1. The fourth-order valence-corrected chi connectivity index (χ4v) is 2.59. The summed E-state index contributed by atoms with van der Waals surface area (Å²) in [6, 6.07) is 4.02. The van der Waals surface area contributed by atoms with Gasteiger partial charge >= 0.3 is 0 Å². The smallest absolute Gasteiger partial charge is 0.0908 e. The third-order valence-corrected chi connectivity index (χ3v) is 3.53. The molecule has 1 aromatic heterocycles. The average molecular weight is 210 g/mol. The quantitative estimate of drug-likeness (QED) is 0.707. The molecule has 0 fully saturated rings. The van der Waals surface area contributed by atoms with E-state index in [-0.39, 0.29) is 0 Å². The van der Waals surface area contributed by atoms with E-state index in [1.54, 1.807) is 11.3 Å². The lowest BCUT2D eigenvalue weighted by Gasteiger charge is -2.03. The van der Waals surface area contributed by atoms with Crippen LogP contribution in [0.25, 0.3) is 10.2 Å². The SMILES string of the molecule is CNc1ccc2nc(C)sc2c1S. The van der Waals surface area contributed by atoms with Crippen molar-refractivity contribution in [3.63, 3.8) is 0 Å². The number of thiazole rings is 1. The molecule has 0 amide bonds. The van der Waals surface area contributed by atoms with E-state index in [4.69, 9.17) is 0 Å². The first-order valence-corrected chi connectivity index (χ1v) is 5.25. The standard InChI is InChI=1S/C9H10N2S2/c1-5-11-7-4-3-6(10-2)8(12)9(7)13-5/h3-4,10,12H,1-2H3. The van der Waals surface area contributed by atoms with Gasteiger partial charge in [-0.3, -0.25) is 0 Å². The molecule has 1 N–H and O–H groups in total. The Hall–Kier alpha value is -0.740. The second-order valence-electron chi connectivity index (χ2n) is 2.79. The van der Waals surface area contributed by atoms with Crippen molar-refractivity contribution in [2.24, 2.45) is 0 Å². The largest absolute Gasteiger partial charge is 0.387 e. The molecule has 0 unspecified atom stereocenters. The highest BCUT2D eigenvalue weighted by molar-refractivity contribution is 7.81. The number of rotatable bonds is 1. The van der Waals surface area contributed by atoms with Crippen molar-refractivity contribution in [3.05, 3.63) is 17.1 Å². The van der Waals surface area contributed by atoms with Crippen LogP contribution < -0.4 is 5.32 Å². The van der Waals surface area contributed by atoms with E-state index in [2.05, 4.69) is 22.9 Å². The number of benzene rings is 1. The number of aryl methyl sites for hydroxylation is 1. The number of anilines is 1. The predicted molar refractivity (Wildman–Crippen MR) is 61.2 cm³/mol. The van der Waals surface area contributed by atoms with Crippen LogP contribution in [0, 0.1) is 6.92 Å². The molecule has 0 bridgehead atoms. The van der Waals surface area contributed by atoms with Gasteiger partial charge in [0, 0.05) is 17.6 Å². The second kappa shape index (κ2) is 3.20. The third-order valence-electron chi connectivity index (χ3n) is 1.91. The van der Waals surface area contributed by atoms with Crippen LogP contribution in [0.15, 0.2) is 17.0 Å². The Morgan fingerprint density at radius 3 is 2.92 bits per heavy atom. The molecule has 0 radical (unpaired) electrons. The van der Waals surface area contributed by atoms with Crippen LogP contribution in [0.2, 0.25) is 0 Å². The normalized spacial score (nSPS) is 10.7. The Kier molecular flexibility index (Phi) is 2.17. The zero-order chi connectivity index (χ0) is 9.42. The number of hydrogen-bond acceptors (Lipinski definition) is 4. The highest BCUT2D eigenvalue weighted by Gasteiger charge is 2.06. The monoisotopic (exact) mass is 210 g/mol. The number of aromatic nitrogens is 1. The molecule has 0 aliphatic carbocycles. The molecular weight excluding hydrogens is 200 g/mol. The minimum Gasteiger partial charge on any atom is -0.387 e. The van der Waals surface area contributed by atoms with Crippen LogP contribution in [0.1, 0.15) is 5.01 Å². The van der Waals surface area contributed by atoms with Crippen LogP contribution >= 0.6 is 24.0 Å². The molecule has 2 aromatic rings. The van der Waals surface area contributed by atoms with E-state index in [1.807, 2.05) is 26.1 Å². The lowest BCUT2D eigenvalue weighted by Crippen LogP contribution is -1.88. The van der Waals surface area contributed by atoms with E-state index in [0.29, 0.717) is 0 Å². The number of hydrogen-bond donors (Lipinski definition) is 2. The maximum absolute atomic E-state index is 4.47. The van der Waals surface area contributed by atoms with Gasteiger partial charge in [0.1, 0.15) is 0 Å². The van der Waals surface area contributed by atoms with Crippen molar-refractivity contribution in [1.82, 2.24) is 4.98 Å². The first-order chi connectivity index (χ1) is 6.22. The molecule has 68 valence electrons. The van der Waals surface area contributed by atoms with Gasteiger partial charge in [-0.25, -0.2) is 4.98 Å². The molecular formula is C9H10N2S2. The molecule has 2 nitrogen and oxygen atoms in total. The van der Waals surface area contributed by atoms with Gasteiger partial charge < -0.3 is 5.32 Å². The minimum atomic E-state index is 0.991. The summed E-state index contributed by atoms with van der Waals surface area (Å²) >= 11 is 6.15. The summed E-state index contributed by atoms with van der Waals surface area (Å²) in [6.07, 6.45) is 0. The summed E-state index contributed by atoms with van der Waals surface area (Å²) < 4.78 is 1.16. The van der Waals surface area contributed by atoms with Gasteiger partial charge in [-0.15, -0.1) is 24.0 Å². The average Bonchev–Trinajstić information content (AvgIpc) is 2.47. The van der Waals surface area contributed by atoms with Gasteiger partial charge in [0.15, 0.2) is 0 Å². The van der Waals surface area contributed by atoms with Crippen molar-refractivity contribution in [2.75, 3.05) is 12.4 Å². The second-order valence-corrected chi connectivity index (χ2v) is 4.44. The van der Waals surface area contributed by atoms with Gasteiger partial charge in [-0.05, 0) is 19.1 Å². The Labute approximate surface area is 86.4 Å². The van der Waals surface area contributed by atoms with Crippen molar-refractivity contribution in [3.8, 4) is 0 Å². The zero-order valence-electron chi connectivity index (χ0n) is 7.46. The molecule has 0 aliphatic heterocycles. The molecule has 13 heavy (non-hydrogen) atoms. The lowest BCUT2D eigenvalue weighted by molar-refractivity contribution is 1.34. The Balaban J connectivity index is 2.78. The van der Waals surface area contributed by atoms with Gasteiger partial charge in [0.2, 0.25) is 0 Å². The van der Waals surface area contributed by atoms with E-state index < -0.39 is 0 Å². The van der Waals surface area contributed by atoms with Gasteiger partial charge in [0.05, 0.1) is 15.2 Å². The van der Waals surface area contributed by atoms with Gasteiger partial charge in [-0.2, -0.15) is 0 Å². The molecule has 0 saturated carbocycles. The van der Waals surface area contributed by atoms with Crippen LogP contribution in [0.3, 0.4) is 0 Å². The maximum atomic E-state index is 4.47. The predicted octanol–water partition coefficient (Wildman–Crippen LogP) is 2.94. The highest BCUT2D eigenvalue weighted by Crippen LogP contribution is 2.32. The molecule has 0 atom stereocenters. The van der Waals surface area contributed by atoms with Crippen LogP contribution in [-0.4, -0.2) is 12.0 Å². The van der Waals surface area contributed by atoms with Crippen molar-refractivity contribution < 1.29 is 0 Å². The number of nitrogens with zero attached hydrogens (tertiary/aromatic N) is 1. The fraction of sp³-hybridized carbons (Fsp3) is 0.222. The highest BCUT2D eigenvalue weighted by atomic mass is 32.1. The van der Waals surface area contributed by atoms with Crippen LogP contribution in [-0.2, 0) is 0 Å². The third kappa shape index (κ3) is 1.40. The molecule has 1 heterocycles. The summed E-state index contributed by atoms with van der Waals surface area (Å²) in [5, 5.41) is 4.18. The first kappa shape index (κ1) is 8.84. The lowest BCUT2D eigenvalue weighted by atomic mass is 10.3. The Bertz CT molecular complexity index is 448. The Morgan fingerprint density at radius 1 is 1.46 bits per heavy atom. The minimum absolute atomic E-state index is 0.991. The van der Waals surface area contributed by atoms with E-state index in [0.717, 1.165) is 25.8 Å². The number of nitrogens with one attached hydrogen (secondary N) is 1. The van der Waals surface area contributed by atoms with E-state index >= 15 is 0 Å². The van der Waals surface area contributed by atoms with Gasteiger partial charge in [0.25, 0.3) is 0 Å². The van der Waals surface area contributed by atoms with E-state index in [1.165, 1.54) is 0 Å². The first-order valence-electron chi connectivity index (χ1n) is 3.99. The molecule has 2 rings (SSSR count). The van der Waals surface area contributed by atoms with Crippen molar-refractivity contribution >= 4 is 39.9 Å². The van der Waals surface area contributed by atoms with Crippen LogP contribution in [0.4, 0.5) is 5.69 Å². The van der Waals surface area contributed by atoms with Crippen molar-refractivity contribution in [2.45, 2.75) is 11.8 Å². The summed E-state index contributed by atoms with van der Waals surface area (Å²) in [4.78, 5) is 5.38. The molecule has 0 spiro atoms. The summed E-state index contributed by atoms with van der Waals surface area (Å²) in [7, 11) is 1.90. The summed E-state index contributed by atoms with van der Waals surface area (Å²) in [5.41, 5.74) is 2.09. The topological polar surface area (TPSA) is 24.9 Å². The molecule has 0 saturated heterocycles. The summed E-state index contributed by atoms with van der Waals surface area (Å²) in [5.74, 6) is 0. The number of fused-ring (bicyclic) bond motifs is 1. The molecule has 0 aliphatic rings. The Morgan fingerprint density at radius 2 is 2.23 bits per heavy atom. The maximum Gasteiger partial charge on any atom is 0.0908 e. The summed E-state index contributed by atoms with van der Waals surface area (Å²) in [6.45, 7) is 2.01. The molecule has 1 aromatic carbocycles. The van der Waals surface area contributed by atoms with E-state index in [9.17, 15) is 0 Å². The van der Waals surface area contributed by atoms with Gasteiger partial charge in [-0.1, -0.05) is 0 Å². The van der Waals surface area contributed by atoms with Crippen molar-refractivity contribution in [1.29, 1.82) is 0 Å². The molecule has 4 heteroatoms. The zero-order valence-corrected chi connectivity index (χ0v) is 9.17.